The zero-order valence-electron chi connectivity index (χ0n) is 11.3. The molecular formula is C14H20FNO2S. The molecule has 0 heterocycles. The van der Waals surface area contributed by atoms with Crippen LogP contribution in [0.2, 0.25) is 0 Å². The van der Waals surface area contributed by atoms with E-state index in [4.69, 9.17) is 0 Å². The maximum atomic E-state index is 12.7. The van der Waals surface area contributed by atoms with Crippen molar-refractivity contribution in [2.45, 2.75) is 37.2 Å². The summed E-state index contributed by atoms with van der Waals surface area (Å²) < 4.78 is 12.7. The summed E-state index contributed by atoms with van der Waals surface area (Å²) in [5.74, 6) is -0.158. The SMILES string of the molecule is CCC(O)(CC)CNC(=O)CSc1ccc(F)cc1. The normalized spacial score (nSPS) is 11.4. The lowest BCUT2D eigenvalue weighted by Gasteiger charge is -2.25. The molecule has 0 spiro atoms. The van der Waals surface area contributed by atoms with E-state index in [0.717, 1.165) is 4.90 Å². The molecule has 1 aromatic rings. The molecule has 0 radical (unpaired) electrons. The third-order valence-electron chi connectivity index (χ3n) is 3.11. The van der Waals surface area contributed by atoms with Gasteiger partial charge in [0.1, 0.15) is 5.82 Å². The van der Waals surface area contributed by atoms with Gasteiger partial charge in [0.25, 0.3) is 0 Å². The van der Waals surface area contributed by atoms with Gasteiger partial charge in [-0.3, -0.25) is 4.79 Å². The van der Waals surface area contributed by atoms with Gasteiger partial charge in [0, 0.05) is 11.4 Å². The molecule has 19 heavy (non-hydrogen) atoms. The fourth-order valence-electron chi connectivity index (χ4n) is 1.49. The second-order valence-corrected chi connectivity index (χ2v) is 5.50. The third-order valence-corrected chi connectivity index (χ3v) is 4.13. The predicted octanol–water partition coefficient (Wildman–Crippen LogP) is 2.59. The maximum absolute atomic E-state index is 12.7. The van der Waals surface area contributed by atoms with Gasteiger partial charge in [-0.05, 0) is 37.1 Å². The zero-order valence-corrected chi connectivity index (χ0v) is 12.1. The van der Waals surface area contributed by atoms with Crippen molar-refractivity contribution in [3.05, 3.63) is 30.1 Å². The summed E-state index contributed by atoms with van der Waals surface area (Å²) in [6.45, 7) is 4.05. The van der Waals surface area contributed by atoms with Gasteiger partial charge >= 0.3 is 0 Å². The second-order valence-electron chi connectivity index (χ2n) is 4.45. The molecule has 0 fully saturated rings. The Bertz CT molecular complexity index is 404. The Morgan fingerprint density at radius 1 is 1.32 bits per heavy atom. The standard InChI is InChI=1S/C14H20FNO2S/c1-3-14(18,4-2)10-16-13(17)9-19-12-7-5-11(15)6-8-12/h5-8,18H,3-4,9-10H2,1-2H3,(H,16,17). The lowest BCUT2D eigenvalue weighted by molar-refractivity contribution is -0.119. The molecule has 0 aliphatic heterocycles. The molecule has 0 aromatic heterocycles. The van der Waals surface area contributed by atoms with Crippen LogP contribution in [-0.4, -0.2) is 28.9 Å². The molecule has 1 rings (SSSR count). The highest BCUT2D eigenvalue weighted by atomic mass is 32.2. The number of amides is 1. The molecule has 0 aliphatic carbocycles. The van der Waals surface area contributed by atoms with Gasteiger partial charge in [-0.15, -0.1) is 11.8 Å². The van der Waals surface area contributed by atoms with Crippen LogP contribution in [0.1, 0.15) is 26.7 Å². The minimum atomic E-state index is -0.823. The number of benzene rings is 1. The molecular weight excluding hydrogens is 265 g/mol. The number of aliphatic hydroxyl groups is 1. The number of thioether (sulfide) groups is 1. The molecule has 2 N–H and O–H groups in total. The molecule has 0 saturated carbocycles. The highest BCUT2D eigenvalue weighted by Gasteiger charge is 2.22. The molecule has 0 unspecified atom stereocenters. The van der Waals surface area contributed by atoms with Crippen molar-refractivity contribution in [3.63, 3.8) is 0 Å². The minimum Gasteiger partial charge on any atom is -0.388 e. The fourth-order valence-corrected chi connectivity index (χ4v) is 2.22. The predicted molar refractivity (Wildman–Crippen MR) is 75.7 cm³/mol. The van der Waals surface area contributed by atoms with Crippen LogP contribution in [0.4, 0.5) is 4.39 Å². The number of carbonyl (C=O) groups is 1. The van der Waals surface area contributed by atoms with Gasteiger partial charge in [0.15, 0.2) is 0 Å². The van der Waals surface area contributed by atoms with E-state index in [2.05, 4.69) is 5.32 Å². The Hall–Kier alpha value is -1.07. The topological polar surface area (TPSA) is 49.3 Å². The van der Waals surface area contributed by atoms with Crippen LogP contribution in [0, 0.1) is 5.82 Å². The monoisotopic (exact) mass is 285 g/mol. The Kier molecular flexibility index (Phi) is 6.31. The van der Waals surface area contributed by atoms with E-state index in [-0.39, 0.29) is 24.0 Å². The number of carbonyl (C=O) groups excluding carboxylic acids is 1. The van der Waals surface area contributed by atoms with E-state index in [1.807, 2.05) is 13.8 Å². The Morgan fingerprint density at radius 2 is 1.89 bits per heavy atom. The first-order valence-corrected chi connectivity index (χ1v) is 7.35. The fraction of sp³-hybridized carbons (Fsp3) is 0.500. The molecule has 0 atom stereocenters. The summed E-state index contributed by atoms with van der Waals surface area (Å²) in [4.78, 5) is 12.5. The van der Waals surface area contributed by atoms with Gasteiger partial charge in [0.05, 0.1) is 11.4 Å². The van der Waals surface area contributed by atoms with Crippen molar-refractivity contribution in [1.29, 1.82) is 0 Å². The number of hydrogen-bond acceptors (Lipinski definition) is 3. The average molecular weight is 285 g/mol. The molecule has 1 amide bonds. The summed E-state index contributed by atoms with van der Waals surface area (Å²) in [7, 11) is 0. The number of rotatable bonds is 7. The van der Waals surface area contributed by atoms with E-state index in [1.54, 1.807) is 12.1 Å². The van der Waals surface area contributed by atoms with Crippen LogP contribution in [-0.2, 0) is 4.79 Å². The first-order chi connectivity index (χ1) is 8.99. The molecule has 0 aliphatic rings. The Labute approximate surface area is 117 Å². The first kappa shape index (κ1) is 16.0. The minimum absolute atomic E-state index is 0.130. The summed E-state index contributed by atoms with van der Waals surface area (Å²) in [6, 6.07) is 6.02. The highest BCUT2D eigenvalue weighted by Crippen LogP contribution is 2.18. The first-order valence-electron chi connectivity index (χ1n) is 6.36. The second kappa shape index (κ2) is 7.50. The maximum Gasteiger partial charge on any atom is 0.230 e. The van der Waals surface area contributed by atoms with Gasteiger partial charge < -0.3 is 10.4 Å². The molecule has 0 saturated heterocycles. The largest absolute Gasteiger partial charge is 0.388 e. The van der Waals surface area contributed by atoms with Gasteiger partial charge in [0.2, 0.25) is 5.91 Å². The summed E-state index contributed by atoms with van der Waals surface area (Å²) >= 11 is 1.34. The van der Waals surface area contributed by atoms with Crippen molar-refractivity contribution in [3.8, 4) is 0 Å². The summed E-state index contributed by atoms with van der Waals surface area (Å²) in [6.07, 6.45) is 1.21. The van der Waals surface area contributed by atoms with E-state index >= 15 is 0 Å². The number of halogens is 1. The number of hydrogen-bond donors (Lipinski definition) is 2. The van der Waals surface area contributed by atoms with Crippen LogP contribution in [0.15, 0.2) is 29.2 Å². The van der Waals surface area contributed by atoms with Crippen molar-refractivity contribution < 1.29 is 14.3 Å². The molecule has 5 heteroatoms. The molecule has 1 aromatic carbocycles. The van der Waals surface area contributed by atoms with Crippen LogP contribution in [0.3, 0.4) is 0 Å². The lowest BCUT2D eigenvalue weighted by Crippen LogP contribution is -2.42. The highest BCUT2D eigenvalue weighted by molar-refractivity contribution is 8.00. The van der Waals surface area contributed by atoms with Gasteiger partial charge in [-0.25, -0.2) is 4.39 Å². The Balaban J connectivity index is 2.34. The molecule has 106 valence electrons. The lowest BCUT2D eigenvalue weighted by atomic mass is 9.98. The van der Waals surface area contributed by atoms with Crippen LogP contribution >= 0.6 is 11.8 Å². The van der Waals surface area contributed by atoms with Crippen molar-refractivity contribution >= 4 is 17.7 Å². The summed E-state index contributed by atoms with van der Waals surface area (Å²) in [5, 5.41) is 12.8. The Morgan fingerprint density at radius 3 is 2.42 bits per heavy atom. The van der Waals surface area contributed by atoms with Crippen molar-refractivity contribution in [2.24, 2.45) is 0 Å². The van der Waals surface area contributed by atoms with E-state index in [9.17, 15) is 14.3 Å². The molecule has 0 bridgehead atoms. The van der Waals surface area contributed by atoms with Crippen LogP contribution in [0.25, 0.3) is 0 Å². The quantitative estimate of drug-likeness (QED) is 0.757. The average Bonchev–Trinajstić information content (AvgIpc) is 2.44. The van der Waals surface area contributed by atoms with Crippen molar-refractivity contribution in [2.75, 3.05) is 12.3 Å². The van der Waals surface area contributed by atoms with Gasteiger partial charge in [-0.1, -0.05) is 13.8 Å². The molecule has 3 nitrogen and oxygen atoms in total. The van der Waals surface area contributed by atoms with Gasteiger partial charge in [-0.2, -0.15) is 0 Å². The summed E-state index contributed by atoms with van der Waals surface area (Å²) in [5.41, 5.74) is -0.823. The van der Waals surface area contributed by atoms with Crippen molar-refractivity contribution in [1.82, 2.24) is 5.32 Å². The van der Waals surface area contributed by atoms with E-state index in [0.29, 0.717) is 12.8 Å². The smallest absolute Gasteiger partial charge is 0.230 e. The number of nitrogens with one attached hydrogen (secondary N) is 1. The zero-order chi connectivity index (χ0) is 14.3. The van der Waals surface area contributed by atoms with E-state index < -0.39 is 5.60 Å². The van der Waals surface area contributed by atoms with E-state index in [1.165, 1.54) is 23.9 Å². The van der Waals surface area contributed by atoms with Crippen LogP contribution < -0.4 is 5.32 Å². The third kappa shape index (κ3) is 5.61. The van der Waals surface area contributed by atoms with Crippen LogP contribution in [0.5, 0.6) is 0 Å².